The molecule has 1 amide bonds. The lowest BCUT2D eigenvalue weighted by molar-refractivity contribution is -0.131. The smallest absolute Gasteiger partial charge is 0.227 e. The highest BCUT2D eigenvalue weighted by Crippen LogP contribution is 2.25. The van der Waals surface area contributed by atoms with Gasteiger partial charge in [0.25, 0.3) is 0 Å². The van der Waals surface area contributed by atoms with Crippen molar-refractivity contribution < 1.29 is 4.79 Å². The Morgan fingerprint density at radius 1 is 1.32 bits per heavy atom. The van der Waals surface area contributed by atoms with Crippen LogP contribution in [0.4, 0.5) is 0 Å². The maximum Gasteiger partial charge on any atom is 0.227 e. The van der Waals surface area contributed by atoms with Crippen LogP contribution in [0.25, 0.3) is 0 Å². The third-order valence-corrected chi connectivity index (χ3v) is 3.99. The Morgan fingerprint density at radius 2 is 1.89 bits per heavy atom. The molecule has 5 heteroatoms. The molecule has 0 unspecified atom stereocenters. The summed E-state index contributed by atoms with van der Waals surface area (Å²) in [7, 11) is 0. The van der Waals surface area contributed by atoms with E-state index >= 15 is 0 Å². The summed E-state index contributed by atoms with van der Waals surface area (Å²) in [4.78, 5) is 12.2. The molecule has 3 nitrogen and oxygen atoms in total. The predicted molar refractivity (Wildman–Crippen MR) is 82.6 cm³/mol. The van der Waals surface area contributed by atoms with Crippen LogP contribution in [0.15, 0.2) is 24.3 Å². The monoisotopic (exact) mass is 304 g/mol. The van der Waals surface area contributed by atoms with Gasteiger partial charge in [0.05, 0.1) is 5.41 Å². The lowest BCUT2D eigenvalue weighted by Crippen LogP contribution is -2.45. The second-order valence-corrected chi connectivity index (χ2v) is 4.87. The summed E-state index contributed by atoms with van der Waals surface area (Å²) in [5.74, 6) is 0.00918. The van der Waals surface area contributed by atoms with Crippen molar-refractivity contribution in [3.05, 3.63) is 34.9 Å². The molecule has 108 valence electrons. The quantitative estimate of drug-likeness (QED) is 0.848. The van der Waals surface area contributed by atoms with Crippen molar-refractivity contribution in [1.82, 2.24) is 5.32 Å². The molecule has 0 saturated carbocycles. The van der Waals surface area contributed by atoms with Crippen molar-refractivity contribution in [2.24, 2.45) is 11.1 Å². The van der Waals surface area contributed by atoms with Gasteiger partial charge in [0.2, 0.25) is 5.91 Å². The lowest BCUT2D eigenvalue weighted by atomic mass is 9.81. The second kappa shape index (κ2) is 8.41. The topological polar surface area (TPSA) is 55.1 Å². The van der Waals surface area contributed by atoms with Crippen molar-refractivity contribution in [3.63, 3.8) is 0 Å². The molecule has 1 aromatic rings. The van der Waals surface area contributed by atoms with Gasteiger partial charge in [-0.15, -0.1) is 12.4 Å². The molecule has 0 atom stereocenters. The first-order valence-corrected chi connectivity index (χ1v) is 6.69. The van der Waals surface area contributed by atoms with Crippen molar-refractivity contribution >= 4 is 29.9 Å². The van der Waals surface area contributed by atoms with Gasteiger partial charge in [-0.25, -0.2) is 0 Å². The van der Waals surface area contributed by atoms with Crippen molar-refractivity contribution in [2.45, 2.75) is 33.2 Å². The lowest BCUT2D eigenvalue weighted by Gasteiger charge is -2.28. The molecule has 0 saturated heterocycles. The van der Waals surface area contributed by atoms with E-state index in [1.165, 1.54) is 0 Å². The summed E-state index contributed by atoms with van der Waals surface area (Å²) in [6, 6.07) is 7.50. The SMILES string of the molecule is CCC(CC)(CN)C(=O)NCc1ccccc1Cl.Cl. The Hall–Kier alpha value is -0.770. The van der Waals surface area contributed by atoms with E-state index in [9.17, 15) is 4.79 Å². The number of halogens is 2. The zero-order chi connectivity index (χ0) is 13.6. The van der Waals surface area contributed by atoms with Crippen molar-refractivity contribution in [1.29, 1.82) is 0 Å². The Balaban J connectivity index is 0.00000324. The third kappa shape index (κ3) is 4.37. The van der Waals surface area contributed by atoms with E-state index in [-0.39, 0.29) is 18.3 Å². The molecule has 19 heavy (non-hydrogen) atoms. The molecule has 0 spiro atoms. The van der Waals surface area contributed by atoms with Gasteiger partial charge in [0, 0.05) is 18.1 Å². The van der Waals surface area contributed by atoms with Crippen LogP contribution in [0.3, 0.4) is 0 Å². The fraction of sp³-hybridized carbons (Fsp3) is 0.500. The summed E-state index contributed by atoms with van der Waals surface area (Å²) < 4.78 is 0. The van der Waals surface area contributed by atoms with Gasteiger partial charge in [0.15, 0.2) is 0 Å². The predicted octanol–water partition coefficient (Wildman–Crippen LogP) is 3.14. The zero-order valence-corrected chi connectivity index (χ0v) is 13.0. The van der Waals surface area contributed by atoms with E-state index in [0.717, 1.165) is 18.4 Å². The average molecular weight is 305 g/mol. The molecule has 0 aliphatic rings. The van der Waals surface area contributed by atoms with Gasteiger partial charge in [-0.3, -0.25) is 4.79 Å². The first-order chi connectivity index (χ1) is 8.59. The number of hydrogen-bond donors (Lipinski definition) is 2. The van der Waals surface area contributed by atoms with Gasteiger partial charge in [-0.1, -0.05) is 43.6 Å². The normalized spacial score (nSPS) is 10.7. The summed E-state index contributed by atoms with van der Waals surface area (Å²) in [5, 5.41) is 3.60. The third-order valence-electron chi connectivity index (χ3n) is 3.62. The van der Waals surface area contributed by atoms with Gasteiger partial charge >= 0.3 is 0 Å². The van der Waals surface area contributed by atoms with Crippen LogP contribution >= 0.6 is 24.0 Å². The van der Waals surface area contributed by atoms with E-state index in [1.54, 1.807) is 0 Å². The van der Waals surface area contributed by atoms with E-state index in [1.807, 2.05) is 38.1 Å². The molecule has 0 fully saturated rings. The Morgan fingerprint density at radius 3 is 2.37 bits per heavy atom. The van der Waals surface area contributed by atoms with Crippen molar-refractivity contribution in [2.75, 3.05) is 6.54 Å². The number of carbonyl (C=O) groups excluding carboxylic acids is 1. The van der Waals surface area contributed by atoms with E-state index < -0.39 is 5.41 Å². The summed E-state index contributed by atoms with van der Waals surface area (Å²) in [6.45, 7) is 4.80. The van der Waals surface area contributed by atoms with Gasteiger partial charge in [0.1, 0.15) is 0 Å². The number of carbonyl (C=O) groups is 1. The molecule has 0 radical (unpaired) electrons. The molecular weight excluding hydrogens is 283 g/mol. The molecule has 0 bridgehead atoms. The zero-order valence-electron chi connectivity index (χ0n) is 11.4. The highest BCUT2D eigenvalue weighted by molar-refractivity contribution is 6.31. The molecule has 3 N–H and O–H groups in total. The van der Waals surface area contributed by atoms with E-state index in [2.05, 4.69) is 5.32 Å². The van der Waals surface area contributed by atoms with Crippen LogP contribution in [-0.4, -0.2) is 12.5 Å². The molecule has 0 aromatic heterocycles. The summed E-state index contributed by atoms with van der Waals surface area (Å²) >= 11 is 6.05. The number of nitrogens with one attached hydrogen (secondary N) is 1. The van der Waals surface area contributed by atoms with E-state index in [4.69, 9.17) is 17.3 Å². The average Bonchev–Trinajstić information content (AvgIpc) is 2.40. The van der Waals surface area contributed by atoms with Crippen LogP contribution in [0, 0.1) is 5.41 Å². The van der Waals surface area contributed by atoms with Gasteiger partial charge in [-0.05, 0) is 24.5 Å². The van der Waals surface area contributed by atoms with Gasteiger partial charge in [-0.2, -0.15) is 0 Å². The number of rotatable bonds is 6. The molecule has 0 heterocycles. The van der Waals surface area contributed by atoms with Crippen LogP contribution < -0.4 is 11.1 Å². The van der Waals surface area contributed by atoms with Gasteiger partial charge < -0.3 is 11.1 Å². The Labute approximate surface area is 126 Å². The molecule has 1 rings (SSSR count). The highest BCUT2D eigenvalue weighted by Gasteiger charge is 2.32. The number of benzene rings is 1. The first kappa shape index (κ1) is 18.2. The van der Waals surface area contributed by atoms with Crippen LogP contribution in [0.5, 0.6) is 0 Å². The fourth-order valence-corrected chi connectivity index (χ4v) is 2.16. The summed E-state index contributed by atoms with van der Waals surface area (Å²) in [6.07, 6.45) is 1.49. The standard InChI is InChI=1S/C14H21ClN2O.ClH/c1-3-14(4-2,10-16)13(18)17-9-11-7-5-6-8-12(11)15;/h5-8H,3-4,9-10,16H2,1-2H3,(H,17,18);1H. The Kier molecular flexibility index (Phi) is 8.07. The first-order valence-electron chi connectivity index (χ1n) is 6.31. The molecule has 0 aliphatic carbocycles. The Bertz CT molecular complexity index is 398. The van der Waals surface area contributed by atoms with E-state index in [0.29, 0.717) is 18.1 Å². The minimum atomic E-state index is -0.457. The largest absolute Gasteiger partial charge is 0.351 e. The minimum absolute atomic E-state index is 0. The maximum absolute atomic E-state index is 12.2. The van der Waals surface area contributed by atoms with Crippen LogP contribution in [0.1, 0.15) is 32.3 Å². The molecule has 1 aromatic carbocycles. The fourth-order valence-electron chi connectivity index (χ4n) is 1.96. The van der Waals surface area contributed by atoms with Crippen LogP contribution in [0.2, 0.25) is 5.02 Å². The summed E-state index contributed by atoms with van der Waals surface area (Å²) in [5.41, 5.74) is 6.21. The number of hydrogen-bond acceptors (Lipinski definition) is 2. The molecular formula is C14H22Cl2N2O. The number of amides is 1. The number of nitrogens with two attached hydrogens (primary N) is 1. The minimum Gasteiger partial charge on any atom is -0.351 e. The van der Waals surface area contributed by atoms with Crippen molar-refractivity contribution in [3.8, 4) is 0 Å². The van der Waals surface area contributed by atoms with Crippen LogP contribution in [-0.2, 0) is 11.3 Å². The molecule has 0 aliphatic heterocycles. The second-order valence-electron chi connectivity index (χ2n) is 4.47. The highest BCUT2D eigenvalue weighted by atomic mass is 35.5. The maximum atomic E-state index is 12.2.